The van der Waals surface area contributed by atoms with Crippen LogP contribution in [0.4, 0.5) is 0 Å². The molecule has 0 amide bonds. The minimum Gasteiger partial charge on any atom is -0.271 e. The Morgan fingerprint density at radius 1 is 1.16 bits per heavy atom. The zero-order valence-corrected chi connectivity index (χ0v) is 10.8. The molecule has 3 rings (SSSR count). The molecule has 1 heterocycles. The summed E-state index contributed by atoms with van der Waals surface area (Å²) in [5.74, 6) is 6.42. The third-order valence-electron chi connectivity index (χ3n) is 3.91. The van der Waals surface area contributed by atoms with E-state index in [1.165, 1.54) is 24.8 Å². The summed E-state index contributed by atoms with van der Waals surface area (Å²) in [6.07, 6.45) is 7.28. The average molecular weight is 254 g/mol. The van der Waals surface area contributed by atoms with E-state index in [1.807, 2.05) is 6.07 Å². The Labute approximate surface area is 113 Å². The lowest BCUT2D eigenvalue weighted by atomic mass is 9.80. The van der Waals surface area contributed by atoms with Gasteiger partial charge in [-0.05, 0) is 36.0 Å². The van der Waals surface area contributed by atoms with Gasteiger partial charge < -0.3 is 0 Å². The summed E-state index contributed by atoms with van der Waals surface area (Å²) in [6.45, 7) is 0. The fourth-order valence-electron chi connectivity index (χ4n) is 2.53. The Morgan fingerprint density at radius 2 is 1.95 bits per heavy atom. The second kappa shape index (κ2) is 5.47. The van der Waals surface area contributed by atoms with Crippen LogP contribution in [0.2, 0.25) is 0 Å². The Hall–Kier alpha value is -1.78. The molecule has 0 aliphatic heterocycles. The lowest BCUT2D eigenvalue weighted by molar-refractivity contribution is 0.419. The van der Waals surface area contributed by atoms with Crippen molar-refractivity contribution >= 4 is 0 Å². The second-order valence-electron chi connectivity index (χ2n) is 5.03. The molecular weight excluding hydrogens is 236 g/mol. The van der Waals surface area contributed by atoms with Crippen LogP contribution >= 0.6 is 0 Å². The molecule has 0 radical (unpaired) electrons. The van der Waals surface area contributed by atoms with E-state index in [0.717, 1.165) is 17.2 Å². The Balaban J connectivity index is 1.83. The van der Waals surface area contributed by atoms with Crippen molar-refractivity contribution < 1.29 is 0 Å². The lowest BCUT2D eigenvalue weighted by Crippen LogP contribution is -2.29. The van der Waals surface area contributed by atoms with Gasteiger partial charge in [0.1, 0.15) is 6.33 Å². The van der Waals surface area contributed by atoms with Crippen molar-refractivity contribution in [2.75, 3.05) is 0 Å². The van der Waals surface area contributed by atoms with Crippen LogP contribution in [0.15, 0.2) is 42.9 Å². The quantitative estimate of drug-likeness (QED) is 0.649. The van der Waals surface area contributed by atoms with E-state index < -0.39 is 0 Å². The van der Waals surface area contributed by atoms with Gasteiger partial charge in [-0.15, -0.1) is 0 Å². The Bertz CT molecular complexity index is 520. The molecule has 1 fully saturated rings. The number of nitrogens with one attached hydrogen (secondary N) is 1. The summed E-state index contributed by atoms with van der Waals surface area (Å²) in [5.41, 5.74) is 6.27. The molecule has 1 aromatic heterocycles. The molecule has 19 heavy (non-hydrogen) atoms. The summed E-state index contributed by atoms with van der Waals surface area (Å²) in [6, 6.07) is 10.5. The Kier molecular flexibility index (Phi) is 3.53. The zero-order chi connectivity index (χ0) is 13.1. The third kappa shape index (κ3) is 2.50. The normalized spacial score (nSPS) is 16.9. The molecule has 0 bridgehead atoms. The van der Waals surface area contributed by atoms with Gasteiger partial charge in [-0.3, -0.25) is 5.84 Å². The minimum absolute atomic E-state index is 0.0848. The first-order chi connectivity index (χ1) is 9.38. The van der Waals surface area contributed by atoms with E-state index >= 15 is 0 Å². The second-order valence-corrected chi connectivity index (χ2v) is 5.03. The van der Waals surface area contributed by atoms with Crippen molar-refractivity contribution in [2.24, 2.45) is 5.84 Å². The van der Waals surface area contributed by atoms with Gasteiger partial charge in [-0.2, -0.15) is 0 Å². The molecular formula is C15H18N4. The van der Waals surface area contributed by atoms with Gasteiger partial charge in [-0.25, -0.2) is 15.4 Å². The van der Waals surface area contributed by atoms with E-state index in [1.54, 1.807) is 12.5 Å². The van der Waals surface area contributed by atoms with Crippen LogP contribution in [0.5, 0.6) is 0 Å². The summed E-state index contributed by atoms with van der Waals surface area (Å²) < 4.78 is 0. The fourth-order valence-corrected chi connectivity index (χ4v) is 2.53. The van der Waals surface area contributed by atoms with E-state index in [4.69, 9.17) is 5.84 Å². The topological polar surface area (TPSA) is 63.8 Å². The van der Waals surface area contributed by atoms with Crippen molar-refractivity contribution in [3.8, 4) is 0 Å². The van der Waals surface area contributed by atoms with Gasteiger partial charge in [0, 0.05) is 6.20 Å². The lowest BCUT2D eigenvalue weighted by Gasteiger charge is -2.26. The van der Waals surface area contributed by atoms with Crippen LogP contribution in [-0.2, 0) is 0 Å². The van der Waals surface area contributed by atoms with Crippen molar-refractivity contribution in [1.82, 2.24) is 15.4 Å². The number of nitrogens with zero attached hydrogens (tertiary/aromatic N) is 2. The van der Waals surface area contributed by atoms with Gasteiger partial charge in [0.25, 0.3) is 0 Å². The largest absolute Gasteiger partial charge is 0.271 e. The molecule has 1 atom stereocenters. The predicted octanol–water partition coefficient (Wildman–Crippen LogP) is 2.30. The van der Waals surface area contributed by atoms with E-state index in [9.17, 15) is 0 Å². The van der Waals surface area contributed by atoms with Crippen LogP contribution in [-0.4, -0.2) is 9.97 Å². The van der Waals surface area contributed by atoms with Crippen LogP contribution in [0.1, 0.15) is 48.0 Å². The summed E-state index contributed by atoms with van der Waals surface area (Å²) >= 11 is 0. The molecule has 1 aromatic carbocycles. The maximum absolute atomic E-state index is 5.66. The SMILES string of the molecule is NNC(c1ccc(C2CCC2)cc1)c1ccncn1. The van der Waals surface area contributed by atoms with Crippen LogP contribution in [0, 0.1) is 0 Å². The number of rotatable bonds is 4. The van der Waals surface area contributed by atoms with E-state index in [0.29, 0.717) is 0 Å². The monoisotopic (exact) mass is 254 g/mol. The smallest absolute Gasteiger partial charge is 0.115 e. The highest BCUT2D eigenvalue weighted by atomic mass is 15.2. The first-order valence-corrected chi connectivity index (χ1v) is 6.70. The number of hydrogen-bond acceptors (Lipinski definition) is 4. The Morgan fingerprint density at radius 3 is 2.47 bits per heavy atom. The molecule has 1 unspecified atom stereocenters. The molecule has 2 aromatic rings. The summed E-state index contributed by atoms with van der Waals surface area (Å²) in [4.78, 5) is 8.19. The molecule has 1 saturated carbocycles. The molecule has 0 saturated heterocycles. The van der Waals surface area contributed by atoms with Crippen LogP contribution in [0.25, 0.3) is 0 Å². The number of hydrazine groups is 1. The maximum atomic E-state index is 5.66. The molecule has 4 heteroatoms. The molecule has 0 spiro atoms. The molecule has 98 valence electrons. The average Bonchev–Trinajstić information content (AvgIpc) is 2.41. The highest BCUT2D eigenvalue weighted by Gasteiger charge is 2.20. The maximum Gasteiger partial charge on any atom is 0.115 e. The summed E-state index contributed by atoms with van der Waals surface area (Å²) in [5, 5.41) is 0. The van der Waals surface area contributed by atoms with Gasteiger partial charge >= 0.3 is 0 Å². The number of benzene rings is 1. The van der Waals surface area contributed by atoms with E-state index in [-0.39, 0.29) is 6.04 Å². The van der Waals surface area contributed by atoms with Crippen molar-refractivity contribution in [3.05, 3.63) is 59.7 Å². The highest BCUT2D eigenvalue weighted by Crippen LogP contribution is 2.36. The number of hydrogen-bond donors (Lipinski definition) is 2. The first-order valence-electron chi connectivity index (χ1n) is 6.70. The standard InChI is InChI=1S/C15H18N4/c16-19-15(14-8-9-17-10-18-14)13-6-4-12(5-7-13)11-2-1-3-11/h4-11,15,19H,1-3,16H2. The predicted molar refractivity (Wildman–Crippen MR) is 74.2 cm³/mol. The fraction of sp³-hybridized carbons (Fsp3) is 0.333. The minimum atomic E-state index is -0.0848. The molecule has 4 nitrogen and oxygen atoms in total. The van der Waals surface area contributed by atoms with Crippen LogP contribution < -0.4 is 11.3 Å². The van der Waals surface area contributed by atoms with Gasteiger partial charge in [0.2, 0.25) is 0 Å². The van der Waals surface area contributed by atoms with Gasteiger partial charge in [0.05, 0.1) is 11.7 Å². The van der Waals surface area contributed by atoms with Crippen molar-refractivity contribution in [2.45, 2.75) is 31.2 Å². The van der Waals surface area contributed by atoms with Crippen molar-refractivity contribution in [3.63, 3.8) is 0 Å². The number of aromatic nitrogens is 2. The molecule has 1 aliphatic carbocycles. The van der Waals surface area contributed by atoms with Gasteiger partial charge in [0.15, 0.2) is 0 Å². The third-order valence-corrected chi connectivity index (χ3v) is 3.91. The van der Waals surface area contributed by atoms with E-state index in [2.05, 4.69) is 39.7 Å². The zero-order valence-electron chi connectivity index (χ0n) is 10.8. The molecule has 3 N–H and O–H groups in total. The number of nitrogens with two attached hydrogens (primary N) is 1. The first kappa shape index (κ1) is 12.3. The highest BCUT2D eigenvalue weighted by molar-refractivity contribution is 5.32. The summed E-state index contributed by atoms with van der Waals surface area (Å²) in [7, 11) is 0. The van der Waals surface area contributed by atoms with Crippen molar-refractivity contribution in [1.29, 1.82) is 0 Å². The van der Waals surface area contributed by atoms with Gasteiger partial charge in [-0.1, -0.05) is 30.7 Å². The molecule has 1 aliphatic rings. The van der Waals surface area contributed by atoms with Crippen LogP contribution in [0.3, 0.4) is 0 Å².